The number of ether oxygens (including phenoxy) is 6. The van der Waals surface area contributed by atoms with Crippen molar-refractivity contribution in [3.05, 3.63) is 120 Å². The van der Waals surface area contributed by atoms with E-state index in [2.05, 4.69) is 79.8 Å². The third-order valence-electron chi connectivity index (χ3n) is 14.8. The number of hydrogen-bond acceptors (Lipinski definition) is 16. The molecule has 2 atom stereocenters. The molecule has 20 nitrogen and oxygen atoms in total. The van der Waals surface area contributed by atoms with Crippen LogP contribution in [0.15, 0.2) is 97.3 Å². The van der Waals surface area contributed by atoms with Crippen molar-refractivity contribution in [2.75, 3.05) is 61.7 Å². The quantitative estimate of drug-likeness (QED) is 0.0268. The lowest BCUT2D eigenvalue weighted by molar-refractivity contribution is -0.0499. The summed E-state index contributed by atoms with van der Waals surface area (Å²) in [7, 11) is 3.13. The summed E-state index contributed by atoms with van der Waals surface area (Å²) < 4.78 is 35.6. The number of methoxy groups -OCH3 is 2. The van der Waals surface area contributed by atoms with E-state index < -0.39 is 0 Å². The van der Waals surface area contributed by atoms with Crippen LogP contribution in [-0.2, 0) is 16.1 Å². The third-order valence-corrected chi connectivity index (χ3v) is 16.4. The molecule has 7 N–H and O–H groups in total. The standard InChI is InChI=1S/2C32H43N5O5S/c1-6-23(7-2)35-31(39)36-24-12-13-26(27(18-24)40-5)42-28-19-34-32(43-28)37-30(38)22-10-8-21(9-11-22)29(20(3)4)41-25-14-16-33-17-15-25;1-6-24(7-2)34-31(39)35-25-13-14-28(23(16-25)20-40-5)42-29-18-33-32(43-29)36-30(38)22-10-8-11-26(17-22)41-27-12-9-15-37(19-27)21(3)4/h8-13,18-20,23,25,29,33H,6-7,14-17H2,1-5H3,(H,34,37,38)(H2,35,36,39);8,10-11,13-14,16-18,21,24,27H,6-7,9,12,15,19-20H2,1-5H3,(H,33,36,38)(H2,34,35,39). The lowest BCUT2D eigenvalue weighted by atomic mass is 9.97. The van der Waals surface area contributed by atoms with Gasteiger partial charge in [0.15, 0.2) is 21.8 Å². The molecule has 6 aromatic rings. The van der Waals surface area contributed by atoms with Gasteiger partial charge >= 0.3 is 12.1 Å². The van der Waals surface area contributed by atoms with Crippen LogP contribution in [-0.4, -0.2) is 109 Å². The Hall–Kier alpha value is -7.34. The number of hydrogen-bond donors (Lipinski definition) is 7. The zero-order valence-electron chi connectivity index (χ0n) is 51.2. The number of amides is 6. The van der Waals surface area contributed by atoms with Gasteiger partial charge in [-0.25, -0.2) is 19.6 Å². The Balaban J connectivity index is 0.000000246. The van der Waals surface area contributed by atoms with Crippen molar-refractivity contribution in [2.24, 2.45) is 5.92 Å². The lowest BCUT2D eigenvalue weighted by Gasteiger charge is -2.35. The molecule has 464 valence electrons. The molecule has 2 unspecified atom stereocenters. The maximum Gasteiger partial charge on any atom is 0.319 e. The van der Waals surface area contributed by atoms with Gasteiger partial charge in [-0.15, -0.1) is 0 Å². The Labute approximate surface area is 514 Å². The molecule has 0 bridgehead atoms. The summed E-state index contributed by atoms with van der Waals surface area (Å²) >= 11 is 2.42. The van der Waals surface area contributed by atoms with Gasteiger partial charge < -0.3 is 55.0 Å². The Bertz CT molecular complexity index is 3110. The molecule has 2 aliphatic rings. The number of carbonyl (C=O) groups excluding carboxylic acids is 4. The van der Waals surface area contributed by atoms with Gasteiger partial charge in [0.05, 0.1) is 38.3 Å². The molecule has 0 saturated carbocycles. The molecule has 2 aliphatic heterocycles. The monoisotopic (exact) mass is 1220 g/mol. The fraction of sp³-hybridized carbons (Fsp3) is 0.469. The van der Waals surface area contributed by atoms with Crippen LogP contribution in [0.2, 0.25) is 0 Å². The van der Waals surface area contributed by atoms with E-state index in [0.29, 0.717) is 77.8 Å². The number of thiazole rings is 2. The largest absolute Gasteiger partial charge is 0.493 e. The van der Waals surface area contributed by atoms with Crippen molar-refractivity contribution < 1.29 is 47.6 Å². The van der Waals surface area contributed by atoms with Gasteiger partial charge in [-0.2, -0.15) is 0 Å². The van der Waals surface area contributed by atoms with Gasteiger partial charge in [-0.05, 0) is 157 Å². The molecular formula is C64H86N10O10S2. The Morgan fingerprint density at radius 2 is 1.23 bits per heavy atom. The minimum absolute atomic E-state index is 0.0210. The highest BCUT2D eigenvalue weighted by Gasteiger charge is 2.26. The summed E-state index contributed by atoms with van der Waals surface area (Å²) in [4.78, 5) is 61.7. The van der Waals surface area contributed by atoms with E-state index in [9.17, 15) is 19.2 Å². The fourth-order valence-electron chi connectivity index (χ4n) is 9.85. The van der Waals surface area contributed by atoms with Crippen LogP contribution in [0, 0.1) is 5.92 Å². The predicted molar refractivity (Wildman–Crippen MR) is 341 cm³/mol. The molecule has 86 heavy (non-hydrogen) atoms. The molecule has 2 fully saturated rings. The van der Waals surface area contributed by atoms with Crippen LogP contribution in [0.1, 0.15) is 145 Å². The van der Waals surface area contributed by atoms with Crippen molar-refractivity contribution in [2.45, 2.75) is 150 Å². The zero-order valence-corrected chi connectivity index (χ0v) is 52.8. The van der Waals surface area contributed by atoms with E-state index in [-0.39, 0.29) is 60.9 Å². The first-order valence-electron chi connectivity index (χ1n) is 29.9. The van der Waals surface area contributed by atoms with Crippen LogP contribution in [0.3, 0.4) is 0 Å². The minimum atomic E-state index is -0.277. The highest BCUT2D eigenvalue weighted by molar-refractivity contribution is 7.17. The van der Waals surface area contributed by atoms with Crippen LogP contribution in [0.25, 0.3) is 0 Å². The average Bonchev–Trinajstić information content (AvgIpc) is 4.18. The second-order valence-corrected chi connectivity index (χ2v) is 23.8. The number of benzene rings is 4. The van der Waals surface area contributed by atoms with Crippen molar-refractivity contribution in [3.8, 4) is 33.1 Å². The first-order chi connectivity index (χ1) is 41.6. The molecule has 2 aromatic heterocycles. The molecule has 4 heterocycles. The van der Waals surface area contributed by atoms with Gasteiger partial charge in [0.25, 0.3) is 11.8 Å². The summed E-state index contributed by atoms with van der Waals surface area (Å²) in [6.45, 7) is 21.1. The molecule has 8 rings (SSSR count). The number of likely N-dealkylation sites (tertiary alicyclic amines) is 1. The number of piperidine rings is 2. The van der Waals surface area contributed by atoms with E-state index in [0.717, 1.165) is 88.7 Å². The van der Waals surface area contributed by atoms with Crippen molar-refractivity contribution in [3.63, 3.8) is 0 Å². The van der Waals surface area contributed by atoms with Crippen molar-refractivity contribution in [1.82, 2.24) is 30.8 Å². The molecular weight excluding hydrogens is 1130 g/mol. The van der Waals surface area contributed by atoms with Crippen LogP contribution in [0.4, 0.5) is 31.2 Å². The number of rotatable bonds is 26. The highest BCUT2D eigenvalue weighted by Crippen LogP contribution is 2.38. The minimum Gasteiger partial charge on any atom is -0.493 e. The Morgan fingerprint density at radius 1 is 0.651 bits per heavy atom. The zero-order chi connectivity index (χ0) is 61.5. The van der Waals surface area contributed by atoms with Crippen LogP contribution in [0.5, 0.6) is 33.1 Å². The van der Waals surface area contributed by atoms with Gasteiger partial charge in [0, 0.05) is 65.9 Å². The van der Waals surface area contributed by atoms with Gasteiger partial charge in [0.2, 0.25) is 10.1 Å². The maximum absolute atomic E-state index is 13.0. The maximum atomic E-state index is 13.0. The number of urea groups is 2. The summed E-state index contributed by atoms with van der Waals surface area (Å²) in [6, 6.07) is 25.5. The van der Waals surface area contributed by atoms with E-state index in [1.54, 1.807) is 62.0 Å². The van der Waals surface area contributed by atoms with E-state index in [1.807, 2.05) is 70.2 Å². The first kappa shape index (κ1) is 66.2. The molecule has 0 aliphatic carbocycles. The number of nitrogens with zero attached hydrogens (tertiary/aromatic N) is 3. The Morgan fingerprint density at radius 3 is 1.80 bits per heavy atom. The molecule has 2 saturated heterocycles. The third kappa shape index (κ3) is 20.1. The second kappa shape index (κ2) is 33.5. The predicted octanol–water partition coefficient (Wildman–Crippen LogP) is 13.9. The second-order valence-electron chi connectivity index (χ2n) is 21.8. The summed E-state index contributed by atoms with van der Waals surface area (Å²) in [5.74, 6) is 1.93. The Kier molecular flexibility index (Phi) is 25.8. The van der Waals surface area contributed by atoms with Crippen LogP contribution < -0.4 is 56.2 Å². The molecule has 0 radical (unpaired) electrons. The average molecular weight is 1220 g/mol. The number of nitrogens with one attached hydrogen (secondary N) is 7. The van der Waals surface area contributed by atoms with E-state index in [4.69, 9.17) is 28.4 Å². The van der Waals surface area contributed by atoms with Gasteiger partial charge in [-0.3, -0.25) is 25.1 Å². The van der Waals surface area contributed by atoms with Gasteiger partial charge in [0.1, 0.15) is 17.6 Å². The molecule has 4 aromatic carbocycles. The topological polar surface area (TPSA) is 237 Å². The SMILES string of the molecule is CCC(CC)NC(=O)Nc1ccc(Oc2cnc(NC(=O)c3ccc(C(OC4CCNCC4)C(C)C)cc3)s2)c(OC)c1.CCC(CC)NC(=O)Nc1ccc(Oc2cnc(NC(=O)c3cccc(OC4CCCN(C(C)C)C4)c3)s2)c(COC)c1. The number of aromatic nitrogens is 2. The number of carbonyl (C=O) groups is 4. The smallest absolute Gasteiger partial charge is 0.319 e. The molecule has 6 amide bonds. The fourth-order valence-corrected chi connectivity index (χ4v) is 11.2. The molecule has 22 heteroatoms. The van der Waals surface area contributed by atoms with E-state index in [1.165, 1.54) is 29.8 Å². The van der Waals surface area contributed by atoms with Crippen molar-refractivity contribution in [1.29, 1.82) is 0 Å². The number of anilines is 4. The highest BCUT2D eigenvalue weighted by atomic mass is 32.1. The lowest BCUT2D eigenvalue weighted by Crippen LogP contribution is -2.44. The normalized spacial score (nSPS) is 14.9. The summed E-state index contributed by atoms with van der Waals surface area (Å²) in [5, 5.41) is 22.5. The van der Waals surface area contributed by atoms with Crippen molar-refractivity contribution >= 4 is 68.2 Å². The molecule has 0 spiro atoms. The van der Waals surface area contributed by atoms with Crippen LogP contribution >= 0.6 is 22.7 Å². The first-order valence-corrected chi connectivity index (χ1v) is 31.5. The van der Waals surface area contributed by atoms with Gasteiger partial charge in [-0.1, -0.05) is 82.4 Å². The summed E-state index contributed by atoms with van der Waals surface area (Å²) in [6.07, 6.45) is 11.0. The van der Waals surface area contributed by atoms with E-state index >= 15 is 0 Å². The summed E-state index contributed by atoms with van der Waals surface area (Å²) in [5.41, 5.74) is 4.06.